The molecule has 1 aliphatic rings. The fourth-order valence-corrected chi connectivity index (χ4v) is 3.42. The van der Waals surface area contributed by atoms with Gasteiger partial charge in [0.1, 0.15) is 17.7 Å². The van der Waals surface area contributed by atoms with Gasteiger partial charge >= 0.3 is 0 Å². The molecular weight excluding hydrogens is 505 g/mol. The van der Waals surface area contributed by atoms with Crippen molar-refractivity contribution in [2.75, 3.05) is 19.8 Å². The minimum Gasteiger partial charge on any atom is -0.488 e. The van der Waals surface area contributed by atoms with Crippen molar-refractivity contribution in [3.05, 3.63) is 47.5 Å². The maximum Gasteiger partial charge on any atom is 0.191 e. The lowest BCUT2D eigenvalue weighted by Gasteiger charge is -2.17. The maximum absolute atomic E-state index is 6.20. The number of aliphatic imine (C=N–C) groups is 1. The van der Waals surface area contributed by atoms with E-state index in [2.05, 4.69) is 66.1 Å². The molecule has 1 aliphatic heterocycles. The Labute approximate surface area is 203 Å². The standard InChI is InChI=1S/C23H35N5O2.HI/c1-5-24-23(27-14-22-25-9-10-28(22)15-17(2)3)26-13-19-7-6-18(4)12-21(19)30-20-8-11-29-16-20;/h6-7,9-10,12,17,20H,5,8,11,13-16H2,1-4H3,(H2,24,26,27);1H. The first-order valence-corrected chi connectivity index (χ1v) is 10.9. The molecule has 2 N–H and O–H groups in total. The second-order valence-corrected chi connectivity index (χ2v) is 8.15. The number of hydrogen-bond acceptors (Lipinski definition) is 4. The van der Waals surface area contributed by atoms with Gasteiger partial charge < -0.3 is 24.7 Å². The second kappa shape index (κ2) is 12.9. The highest BCUT2D eigenvalue weighted by atomic mass is 127. The van der Waals surface area contributed by atoms with Crippen molar-refractivity contribution in [3.8, 4) is 5.75 Å². The molecule has 0 bridgehead atoms. The summed E-state index contributed by atoms with van der Waals surface area (Å²) in [6.07, 6.45) is 4.94. The van der Waals surface area contributed by atoms with Crippen LogP contribution in [0.15, 0.2) is 35.6 Å². The number of guanidine groups is 1. The molecule has 172 valence electrons. The SMILES string of the molecule is CCNC(=NCc1ccc(C)cc1OC1CCOC1)NCc1nccn1CC(C)C.I. The molecule has 0 amide bonds. The van der Waals surface area contributed by atoms with E-state index in [4.69, 9.17) is 14.5 Å². The average Bonchev–Trinajstić information content (AvgIpc) is 3.37. The third-order valence-corrected chi connectivity index (χ3v) is 4.93. The monoisotopic (exact) mass is 541 g/mol. The van der Waals surface area contributed by atoms with Crippen molar-refractivity contribution in [3.63, 3.8) is 0 Å². The Bertz CT molecular complexity index is 831. The molecule has 2 aromatic rings. The van der Waals surface area contributed by atoms with Gasteiger partial charge in [-0.2, -0.15) is 0 Å². The van der Waals surface area contributed by atoms with Crippen LogP contribution in [-0.4, -0.2) is 41.4 Å². The summed E-state index contributed by atoms with van der Waals surface area (Å²) in [7, 11) is 0. The van der Waals surface area contributed by atoms with Crippen LogP contribution in [0.2, 0.25) is 0 Å². The molecule has 0 saturated carbocycles. The summed E-state index contributed by atoms with van der Waals surface area (Å²) in [5.41, 5.74) is 2.25. The van der Waals surface area contributed by atoms with Gasteiger partial charge in [0, 0.05) is 37.5 Å². The largest absolute Gasteiger partial charge is 0.488 e. The van der Waals surface area contributed by atoms with E-state index in [-0.39, 0.29) is 30.1 Å². The summed E-state index contributed by atoms with van der Waals surface area (Å²) in [6.45, 7) is 12.9. The quantitative estimate of drug-likeness (QED) is 0.287. The number of rotatable bonds is 9. The number of nitrogens with one attached hydrogen (secondary N) is 2. The summed E-state index contributed by atoms with van der Waals surface area (Å²) < 4.78 is 13.8. The summed E-state index contributed by atoms with van der Waals surface area (Å²) in [4.78, 5) is 9.27. The molecule has 1 unspecified atom stereocenters. The first-order chi connectivity index (χ1) is 14.5. The van der Waals surface area contributed by atoms with Crippen LogP contribution in [0.4, 0.5) is 0 Å². The maximum atomic E-state index is 6.20. The van der Waals surface area contributed by atoms with Crippen LogP contribution < -0.4 is 15.4 Å². The predicted molar refractivity (Wildman–Crippen MR) is 135 cm³/mol. The van der Waals surface area contributed by atoms with Crippen molar-refractivity contribution in [1.82, 2.24) is 20.2 Å². The van der Waals surface area contributed by atoms with Crippen LogP contribution in [0, 0.1) is 12.8 Å². The number of ether oxygens (including phenoxy) is 2. The molecule has 2 heterocycles. The van der Waals surface area contributed by atoms with Crippen LogP contribution in [0.1, 0.15) is 44.1 Å². The van der Waals surface area contributed by atoms with Gasteiger partial charge in [-0.1, -0.05) is 26.0 Å². The highest BCUT2D eigenvalue weighted by Crippen LogP contribution is 2.24. The molecular formula is C23H36IN5O2. The fraction of sp³-hybridized carbons (Fsp3) is 0.565. The topological polar surface area (TPSA) is 72.7 Å². The molecule has 1 aromatic heterocycles. The minimum atomic E-state index is 0. The van der Waals surface area contributed by atoms with Gasteiger partial charge in [0.05, 0.1) is 26.3 Å². The van der Waals surface area contributed by atoms with E-state index < -0.39 is 0 Å². The van der Waals surface area contributed by atoms with Crippen LogP contribution in [0.3, 0.4) is 0 Å². The smallest absolute Gasteiger partial charge is 0.191 e. The van der Waals surface area contributed by atoms with Crippen molar-refractivity contribution < 1.29 is 9.47 Å². The summed E-state index contributed by atoms with van der Waals surface area (Å²) in [6, 6.07) is 6.29. The molecule has 1 atom stereocenters. The zero-order chi connectivity index (χ0) is 21.3. The van der Waals surface area contributed by atoms with E-state index in [1.807, 2.05) is 12.4 Å². The van der Waals surface area contributed by atoms with E-state index in [1.165, 1.54) is 5.56 Å². The number of nitrogens with zero attached hydrogens (tertiary/aromatic N) is 3. The van der Waals surface area contributed by atoms with Gasteiger partial charge in [-0.05, 0) is 31.4 Å². The Balaban J connectivity index is 0.00000341. The minimum absolute atomic E-state index is 0. The molecule has 0 spiro atoms. The first kappa shape index (κ1) is 25.5. The van der Waals surface area contributed by atoms with E-state index in [0.717, 1.165) is 49.2 Å². The van der Waals surface area contributed by atoms with Crippen molar-refractivity contribution in [2.24, 2.45) is 10.9 Å². The summed E-state index contributed by atoms with van der Waals surface area (Å²) in [5.74, 6) is 3.25. The van der Waals surface area contributed by atoms with Gasteiger partial charge in [-0.15, -0.1) is 24.0 Å². The van der Waals surface area contributed by atoms with Crippen LogP contribution in [-0.2, 0) is 24.4 Å². The molecule has 3 rings (SSSR count). The Morgan fingerprint density at radius 1 is 1.35 bits per heavy atom. The fourth-order valence-electron chi connectivity index (χ4n) is 3.42. The molecule has 1 fully saturated rings. The molecule has 1 saturated heterocycles. The number of imidazole rings is 1. The van der Waals surface area contributed by atoms with Gasteiger partial charge in [0.2, 0.25) is 0 Å². The first-order valence-electron chi connectivity index (χ1n) is 10.9. The van der Waals surface area contributed by atoms with Crippen molar-refractivity contribution in [2.45, 2.75) is 59.9 Å². The highest BCUT2D eigenvalue weighted by molar-refractivity contribution is 14.0. The third-order valence-electron chi connectivity index (χ3n) is 4.93. The third kappa shape index (κ3) is 7.99. The molecule has 0 aliphatic carbocycles. The zero-order valence-corrected chi connectivity index (χ0v) is 21.4. The lowest BCUT2D eigenvalue weighted by atomic mass is 10.1. The normalized spacial score (nSPS) is 16.3. The number of hydrogen-bond donors (Lipinski definition) is 2. The zero-order valence-electron chi connectivity index (χ0n) is 19.1. The predicted octanol–water partition coefficient (Wildman–Crippen LogP) is 3.89. The molecule has 8 heteroatoms. The van der Waals surface area contributed by atoms with E-state index in [1.54, 1.807) is 0 Å². The molecule has 7 nitrogen and oxygen atoms in total. The van der Waals surface area contributed by atoms with Gasteiger partial charge in [0.25, 0.3) is 0 Å². The van der Waals surface area contributed by atoms with Crippen molar-refractivity contribution in [1.29, 1.82) is 0 Å². The van der Waals surface area contributed by atoms with Crippen LogP contribution in [0.25, 0.3) is 0 Å². The lowest BCUT2D eigenvalue weighted by molar-refractivity contribution is 0.140. The summed E-state index contributed by atoms with van der Waals surface area (Å²) in [5, 5.41) is 6.73. The van der Waals surface area contributed by atoms with Crippen molar-refractivity contribution >= 4 is 29.9 Å². The lowest BCUT2D eigenvalue weighted by Crippen LogP contribution is -2.37. The molecule has 0 radical (unpaired) electrons. The van der Waals surface area contributed by atoms with Crippen LogP contribution in [0.5, 0.6) is 5.75 Å². The Morgan fingerprint density at radius 2 is 2.19 bits per heavy atom. The molecule has 1 aromatic carbocycles. The van der Waals surface area contributed by atoms with Gasteiger partial charge in [0.15, 0.2) is 5.96 Å². The van der Waals surface area contributed by atoms with Gasteiger partial charge in [-0.25, -0.2) is 9.98 Å². The number of aryl methyl sites for hydroxylation is 1. The second-order valence-electron chi connectivity index (χ2n) is 8.15. The Morgan fingerprint density at radius 3 is 2.90 bits per heavy atom. The van der Waals surface area contributed by atoms with Gasteiger partial charge in [-0.3, -0.25) is 0 Å². The number of aromatic nitrogens is 2. The molecule has 31 heavy (non-hydrogen) atoms. The highest BCUT2D eigenvalue weighted by Gasteiger charge is 2.18. The Hall–Kier alpha value is -1.81. The Kier molecular flexibility index (Phi) is 10.6. The van der Waals surface area contributed by atoms with Crippen LogP contribution >= 0.6 is 24.0 Å². The van der Waals surface area contributed by atoms with E-state index in [0.29, 0.717) is 25.6 Å². The van der Waals surface area contributed by atoms with E-state index in [9.17, 15) is 0 Å². The average molecular weight is 541 g/mol. The number of halogens is 1. The van der Waals surface area contributed by atoms with E-state index >= 15 is 0 Å². The number of benzene rings is 1. The summed E-state index contributed by atoms with van der Waals surface area (Å²) >= 11 is 0.